The van der Waals surface area contributed by atoms with Crippen molar-refractivity contribution in [1.29, 1.82) is 0 Å². The molecule has 0 saturated carbocycles. The van der Waals surface area contributed by atoms with Gasteiger partial charge in [0.25, 0.3) is 0 Å². The molecule has 0 N–H and O–H groups in total. The summed E-state index contributed by atoms with van der Waals surface area (Å²) in [5.74, 6) is 0.642. The highest BCUT2D eigenvalue weighted by Crippen LogP contribution is 2.43. The Bertz CT molecular complexity index is 3190. The van der Waals surface area contributed by atoms with E-state index in [1.165, 1.54) is 16.2 Å². The minimum Gasteiger partial charge on any atom is -0.455 e. The molecule has 4 heteroatoms. The first-order valence-corrected chi connectivity index (χ1v) is 17.6. The Morgan fingerprint density at radius 1 is 0.442 bits per heavy atom. The van der Waals surface area contributed by atoms with Crippen LogP contribution in [-0.4, -0.2) is 14.5 Å². The number of nitrogens with zero attached hydrogens (tertiary/aromatic N) is 3. The summed E-state index contributed by atoms with van der Waals surface area (Å²) in [4.78, 5) is 10.7. The van der Waals surface area contributed by atoms with Gasteiger partial charge in [-0.15, -0.1) is 0 Å². The normalized spacial score (nSPS) is 11.8. The lowest BCUT2D eigenvalue weighted by Crippen LogP contribution is -2.04. The van der Waals surface area contributed by atoms with Gasteiger partial charge in [-0.05, 0) is 46.2 Å². The minimum atomic E-state index is 0.642. The van der Waals surface area contributed by atoms with Crippen molar-refractivity contribution in [2.45, 2.75) is 0 Å². The second-order valence-corrected chi connectivity index (χ2v) is 13.3. The second kappa shape index (κ2) is 11.2. The van der Waals surface area contributed by atoms with Crippen LogP contribution in [-0.2, 0) is 0 Å². The molecule has 0 aliphatic heterocycles. The lowest BCUT2D eigenvalue weighted by atomic mass is 9.96. The Morgan fingerprint density at radius 2 is 1.10 bits per heavy atom. The average molecular weight is 664 g/mol. The minimum absolute atomic E-state index is 0.642. The van der Waals surface area contributed by atoms with Gasteiger partial charge in [-0.25, -0.2) is 9.97 Å². The van der Waals surface area contributed by atoms with E-state index in [0.717, 1.165) is 82.8 Å². The molecule has 0 amide bonds. The van der Waals surface area contributed by atoms with Crippen molar-refractivity contribution in [3.63, 3.8) is 0 Å². The molecule has 0 unspecified atom stereocenters. The molecule has 0 radical (unpaired) electrons. The molecule has 0 aliphatic rings. The zero-order chi connectivity index (χ0) is 34.2. The third kappa shape index (κ3) is 4.28. The summed E-state index contributed by atoms with van der Waals surface area (Å²) in [6.07, 6.45) is 0. The zero-order valence-electron chi connectivity index (χ0n) is 28.0. The van der Waals surface area contributed by atoms with Crippen molar-refractivity contribution in [1.82, 2.24) is 14.5 Å². The highest BCUT2D eigenvalue weighted by Gasteiger charge is 2.22. The fraction of sp³-hybridized carbons (Fsp3) is 0. The standard InChI is InChI=1S/C48H29N3O/c1-2-14-31(15-3-1)45-39-20-6-8-25-41(39)49-48(50-45)51-42-28-27-30-13-4-5-18-34(30)44(42)40-24-11-21-35(46(40)51)32-16-10-17-33(29-32)36-22-12-23-38-37-19-7-9-26-43(37)52-47(36)38/h1-29H. The monoisotopic (exact) mass is 663 g/mol. The van der Waals surface area contributed by atoms with Gasteiger partial charge in [-0.3, -0.25) is 4.57 Å². The number of fused-ring (bicyclic) bond motifs is 9. The topological polar surface area (TPSA) is 43.9 Å². The van der Waals surface area contributed by atoms with E-state index in [4.69, 9.17) is 14.4 Å². The fourth-order valence-corrected chi connectivity index (χ4v) is 8.09. The van der Waals surface area contributed by atoms with Crippen molar-refractivity contribution < 1.29 is 4.42 Å². The summed E-state index contributed by atoms with van der Waals surface area (Å²) < 4.78 is 8.75. The van der Waals surface area contributed by atoms with Gasteiger partial charge in [0.1, 0.15) is 11.2 Å². The Hall–Kier alpha value is -7.04. The number of hydrogen-bond donors (Lipinski definition) is 0. The van der Waals surface area contributed by atoms with Crippen LogP contribution in [0.1, 0.15) is 0 Å². The summed E-state index contributed by atoms with van der Waals surface area (Å²) in [6.45, 7) is 0. The summed E-state index contributed by atoms with van der Waals surface area (Å²) >= 11 is 0. The maximum absolute atomic E-state index is 6.47. The van der Waals surface area contributed by atoms with Crippen LogP contribution in [0.2, 0.25) is 0 Å². The Labute approximate surface area is 298 Å². The van der Waals surface area contributed by atoms with Crippen molar-refractivity contribution in [2.75, 3.05) is 0 Å². The summed E-state index contributed by atoms with van der Waals surface area (Å²) in [5, 5.41) is 8.03. The molecule has 0 aliphatic carbocycles. The number of aromatic nitrogens is 3. The van der Waals surface area contributed by atoms with E-state index in [9.17, 15) is 0 Å². The van der Waals surface area contributed by atoms with Crippen molar-refractivity contribution in [3.05, 3.63) is 176 Å². The van der Waals surface area contributed by atoms with Crippen molar-refractivity contribution in [2.24, 2.45) is 0 Å². The van der Waals surface area contributed by atoms with Crippen LogP contribution >= 0.6 is 0 Å². The van der Waals surface area contributed by atoms with Crippen LogP contribution in [0.15, 0.2) is 180 Å². The molecule has 52 heavy (non-hydrogen) atoms. The Morgan fingerprint density at radius 3 is 1.98 bits per heavy atom. The molecule has 0 spiro atoms. The van der Waals surface area contributed by atoms with E-state index in [0.29, 0.717) is 5.95 Å². The predicted molar refractivity (Wildman–Crippen MR) is 215 cm³/mol. The van der Waals surface area contributed by atoms with Crippen LogP contribution in [0.5, 0.6) is 0 Å². The number of hydrogen-bond acceptors (Lipinski definition) is 3. The quantitative estimate of drug-likeness (QED) is 0.188. The molecule has 8 aromatic carbocycles. The summed E-state index contributed by atoms with van der Waals surface area (Å²) in [6, 6.07) is 61.9. The Kier molecular flexibility index (Phi) is 6.22. The summed E-state index contributed by atoms with van der Waals surface area (Å²) in [7, 11) is 0. The highest BCUT2D eigenvalue weighted by molar-refractivity contribution is 6.23. The first-order chi connectivity index (χ1) is 25.8. The molecule has 4 nitrogen and oxygen atoms in total. The molecule has 0 saturated heterocycles. The third-order valence-electron chi connectivity index (χ3n) is 10.4. The molecular weight excluding hydrogens is 635 g/mol. The number of para-hydroxylation sites is 4. The molecule has 11 rings (SSSR count). The Balaban J connectivity index is 1.22. The van der Waals surface area contributed by atoms with E-state index >= 15 is 0 Å². The molecule has 11 aromatic rings. The largest absolute Gasteiger partial charge is 0.455 e. The van der Waals surface area contributed by atoms with Gasteiger partial charge >= 0.3 is 0 Å². The van der Waals surface area contributed by atoms with Crippen molar-refractivity contribution in [3.8, 4) is 39.5 Å². The predicted octanol–water partition coefficient (Wildman–Crippen LogP) is 12.8. The number of rotatable bonds is 4. The first kappa shape index (κ1) is 28.8. The van der Waals surface area contributed by atoms with Gasteiger partial charge in [-0.1, -0.05) is 152 Å². The first-order valence-electron chi connectivity index (χ1n) is 17.6. The van der Waals surface area contributed by atoms with E-state index in [1.54, 1.807) is 0 Å². The molecule has 242 valence electrons. The van der Waals surface area contributed by atoms with E-state index in [1.807, 2.05) is 24.3 Å². The van der Waals surface area contributed by atoms with Gasteiger partial charge in [-0.2, -0.15) is 0 Å². The van der Waals surface area contributed by atoms with Crippen LogP contribution in [0, 0.1) is 0 Å². The second-order valence-electron chi connectivity index (χ2n) is 13.3. The van der Waals surface area contributed by atoms with E-state index < -0.39 is 0 Å². The number of furan rings is 1. The summed E-state index contributed by atoms with van der Waals surface area (Å²) in [5.41, 5.74) is 11.2. The smallest absolute Gasteiger partial charge is 0.235 e. The van der Waals surface area contributed by atoms with Gasteiger partial charge in [0.2, 0.25) is 5.95 Å². The van der Waals surface area contributed by atoms with E-state index in [-0.39, 0.29) is 0 Å². The van der Waals surface area contributed by atoms with Crippen LogP contribution in [0.3, 0.4) is 0 Å². The van der Waals surface area contributed by atoms with E-state index in [2.05, 4.69) is 156 Å². The molecular formula is C48H29N3O. The maximum Gasteiger partial charge on any atom is 0.235 e. The lowest BCUT2D eigenvalue weighted by molar-refractivity contribution is 0.670. The van der Waals surface area contributed by atoms with Gasteiger partial charge in [0, 0.05) is 43.6 Å². The van der Waals surface area contributed by atoms with Crippen LogP contribution in [0.4, 0.5) is 0 Å². The van der Waals surface area contributed by atoms with Crippen molar-refractivity contribution >= 4 is 65.4 Å². The molecule has 0 fully saturated rings. The third-order valence-corrected chi connectivity index (χ3v) is 10.4. The average Bonchev–Trinajstić information content (AvgIpc) is 3.77. The van der Waals surface area contributed by atoms with Crippen LogP contribution in [0.25, 0.3) is 105 Å². The highest BCUT2D eigenvalue weighted by atomic mass is 16.3. The lowest BCUT2D eigenvalue weighted by Gasteiger charge is -2.14. The zero-order valence-corrected chi connectivity index (χ0v) is 28.0. The van der Waals surface area contributed by atoms with Crippen LogP contribution < -0.4 is 0 Å². The molecule has 3 aromatic heterocycles. The molecule has 0 bridgehead atoms. The number of benzene rings is 8. The molecule has 0 atom stereocenters. The van der Waals surface area contributed by atoms with Gasteiger partial charge in [0.15, 0.2) is 0 Å². The maximum atomic E-state index is 6.47. The van der Waals surface area contributed by atoms with Gasteiger partial charge < -0.3 is 4.42 Å². The van der Waals surface area contributed by atoms with Gasteiger partial charge in [0.05, 0.1) is 22.2 Å². The SMILES string of the molecule is c1ccc(-c2nc(-n3c4ccc5ccccc5c4c4cccc(-c5cccc(-c6cccc7c6oc6ccccc67)c5)c43)nc3ccccc23)cc1. The fourth-order valence-electron chi connectivity index (χ4n) is 8.09. The molecule has 3 heterocycles.